The van der Waals surface area contributed by atoms with Gasteiger partial charge in [-0.2, -0.15) is 0 Å². The number of fused-ring (bicyclic) bond motifs is 1. The maximum Gasteiger partial charge on any atom is 0.225 e. The van der Waals surface area contributed by atoms with E-state index in [4.69, 9.17) is 0 Å². The van der Waals surface area contributed by atoms with Gasteiger partial charge in [0.25, 0.3) is 0 Å². The van der Waals surface area contributed by atoms with Gasteiger partial charge in [-0.05, 0) is 43.9 Å². The van der Waals surface area contributed by atoms with Crippen molar-refractivity contribution in [2.75, 3.05) is 13.1 Å². The molecule has 2 aliphatic carbocycles. The minimum Gasteiger partial charge on any atom is -0.391 e. The fraction of sp³-hybridized carbons (Fsp3) is 0.917. The molecule has 15 heavy (non-hydrogen) atoms. The average Bonchev–Trinajstić information content (AvgIpc) is 2.85. The van der Waals surface area contributed by atoms with Crippen LogP contribution < -0.4 is 0 Å². The molecule has 3 rings (SSSR count). The van der Waals surface area contributed by atoms with Crippen LogP contribution in [-0.4, -0.2) is 35.1 Å². The molecular formula is C12H19NO2. The molecule has 0 aromatic heterocycles. The van der Waals surface area contributed by atoms with E-state index in [9.17, 15) is 9.90 Å². The lowest BCUT2D eigenvalue weighted by Crippen LogP contribution is -2.44. The summed E-state index contributed by atoms with van der Waals surface area (Å²) < 4.78 is 0. The Morgan fingerprint density at radius 3 is 2.60 bits per heavy atom. The summed E-state index contributed by atoms with van der Waals surface area (Å²) in [4.78, 5) is 14.0. The van der Waals surface area contributed by atoms with Crippen LogP contribution in [0.1, 0.15) is 32.1 Å². The second-order valence-corrected chi connectivity index (χ2v) is 5.50. The number of nitrogens with zero attached hydrogens (tertiary/aromatic N) is 1. The quantitative estimate of drug-likeness (QED) is 0.700. The van der Waals surface area contributed by atoms with Gasteiger partial charge >= 0.3 is 0 Å². The summed E-state index contributed by atoms with van der Waals surface area (Å²) in [6.45, 7) is 1.44. The predicted octanol–water partition coefficient (Wildman–Crippen LogP) is 1.02. The first-order valence-corrected chi connectivity index (χ1v) is 6.21. The van der Waals surface area contributed by atoms with Crippen molar-refractivity contribution in [3.8, 4) is 0 Å². The molecule has 0 bridgehead atoms. The molecule has 3 atom stereocenters. The molecule has 3 nitrogen and oxygen atoms in total. The van der Waals surface area contributed by atoms with Crippen molar-refractivity contribution >= 4 is 5.91 Å². The van der Waals surface area contributed by atoms with Gasteiger partial charge in [0.15, 0.2) is 0 Å². The molecule has 84 valence electrons. The Bertz CT molecular complexity index is 269. The van der Waals surface area contributed by atoms with Crippen LogP contribution in [0.2, 0.25) is 0 Å². The van der Waals surface area contributed by atoms with E-state index in [2.05, 4.69) is 0 Å². The van der Waals surface area contributed by atoms with Crippen LogP contribution in [0.5, 0.6) is 0 Å². The molecule has 3 aliphatic rings. The first kappa shape index (κ1) is 9.64. The van der Waals surface area contributed by atoms with Gasteiger partial charge in [0.1, 0.15) is 0 Å². The van der Waals surface area contributed by atoms with Crippen molar-refractivity contribution in [1.29, 1.82) is 0 Å². The van der Waals surface area contributed by atoms with Gasteiger partial charge in [-0.15, -0.1) is 0 Å². The molecule has 1 N–H and O–H groups in total. The minimum absolute atomic E-state index is 0.279. The first-order chi connectivity index (χ1) is 7.24. The van der Waals surface area contributed by atoms with Gasteiger partial charge in [0, 0.05) is 19.0 Å². The lowest BCUT2D eigenvalue weighted by Gasteiger charge is -2.32. The fourth-order valence-corrected chi connectivity index (χ4v) is 3.33. The highest BCUT2D eigenvalue weighted by Crippen LogP contribution is 2.54. The Kier molecular flexibility index (Phi) is 2.23. The number of carbonyl (C=O) groups excluding carboxylic acids is 1. The van der Waals surface area contributed by atoms with E-state index >= 15 is 0 Å². The molecule has 3 fully saturated rings. The predicted molar refractivity (Wildman–Crippen MR) is 56.1 cm³/mol. The number of hydrogen-bond acceptors (Lipinski definition) is 2. The lowest BCUT2D eigenvalue weighted by molar-refractivity contribution is -0.138. The van der Waals surface area contributed by atoms with Crippen LogP contribution in [0.3, 0.4) is 0 Å². The second-order valence-electron chi connectivity index (χ2n) is 5.50. The summed E-state index contributed by atoms with van der Waals surface area (Å²) in [5, 5.41) is 9.54. The van der Waals surface area contributed by atoms with Crippen LogP contribution >= 0.6 is 0 Å². The maximum absolute atomic E-state index is 12.1. The Labute approximate surface area is 90.5 Å². The van der Waals surface area contributed by atoms with Gasteiger partial charge in [-0.1, -0.05) is 0 Å². The van der Waals surface area contributed by atoms with Crippen LogP contribution in [-0.2, 0) is 4.79 Å². The number of carbonyl (C=O) groups is 1. The molecule has 0 aromatic carbocycles. The molecule has 1 aliphatic heterocycles. The third-order valence-corrected chi connectivity index (χ3v) is 4.30. The summed E-state index contributed by atoms with van der Waals surface area (Å²) in [5.74, 6) is 2.35. The largest absolute Gasteiger partial charge is 0.391 e. The van der Waals surface area contributed by atoms with Crippen LogP contribution in [0.25, 0.3) is 0 Å². The van der Waals surface area contributed by atoms with E-state index in [1.807, 2.05) is 4.90 Å². The van der Waals surface area contributed by atoms with Crippen LogP contribution in [0.15, 0.2) is 0 Å². The van der Waals surface area contributed by atoms with Crippen molar-refractivity contribution < 1.29 is 9.90 Å². The molecule has 2 saturated carbocycles. The van der Waals surface area contributed by atoms with E-state index in [0.717, 1.165) is 44.1 Å². The normalized spacial score (nSPS) is 43.9. The smallest absolute Gasteiger partial charge is 0.225 e. The average molecular weight is 209 g/mol. The molecular weight excluding hydrogens is 190 g/mol. The second kappa shape index (κ2) is 3.48. The number of hydrogen-bond donors (Lipinski definition) is 1. The van der Waals surface area contributed by atoms with Crippen molar-refractivity contribution in [2.24, 2.45) is 17.8 Å². The Hall–Kier alpha value is -0.570. The van der Waals surface area contributed by atoms with E-state index in [-0.39, 0.29) is 6.10 Å². The number of aliphatic hydroxyl groups excluding tert-OH is 1. The van der Waals surface area contributed by atoms with Crippen molar-refractivity contribution in [2.45, 2.75) is 38.2 Å². The molecule has 1 amide bonds. The standard InChI is InChI=1S/C12H19NO2/c14-11-2-1-3-13(7-11)12(15)10-5-8-4-9(8)6-10/h8-11,14H,1-7H2/t8?,9?,10?,11-/m0/s1. The molecule has 0 spiro atoms. The number of likely N-dealkylation sites (tertiary alicyclic amines) is 1. The van der Waals surface area contributed by atoms with Crippen LogP contribution in [0, 0.1) is 17.8 Å². The fourth-order valence-electron chi connectivity index (χ4n) is 3.33. The van der Waals surface area contributed by atoms with Crippen molar-refractivity contribution in [1.82, 2.24) is 4.90 Å². The van der Waals surface area contributed by atoms with Crippen LogP contribution in [0.4, 0.5) is 0 Å². The number of β-amino-alcohol motifs (C(OH)–C–C–N with tert-alkyl or cyclic N) is 1. The van der Waals surface area contributed by atoms with E-state index in [1.54, 1.807) is 0 Å². The number of amides is 1. The van der Waals surface area contributed by atoms with Gasteiger partial charge in [0.05, 0.1) is 6.10 Å². The first-order valence-electron chi connectivity index (χ1n) is 6.21. The molecule has 0 radical (unpaired) electrons. The monoisotopic (exact) mass is 209 g/mol. The third-order valence-electron chi connectivity index (χ3n) is 4.30. The topological polar surface area (TPSA) is 40.5 Å². The minimum atomic E-state index is -0.279. The summed E-state index contributed by atoms with van der Waals surface area (Å²) in [5.41, 5.74) is 0. The van der Waals surface area contributed by atoms with Gasteiger partial charge in [0.2, 0.25) is 5.91 Å². The lowest BCUT2D eigenvalue weighted by atomic mass is 9.99. The molecule has 2 unspecified atom stereocenters. The number of piperidine rings is 1. The van der Waals surface area contributed by atoms with Crippen molar-refractivity contribution in [3.63, 3.8) is 0 Å². The number of rotatable bonds is 1. The van der Waals surface area contributed by atoms with Gasteiger partial charge in [-0.3, -0.25) is 4.79 Å². The SMILES string of the molecule is O=C(C1CC2CC2C1)N1CCC[C@H](O)C1. The van der Waals surface area contributed by atoms with E-state index < -0.39 is 0 Å². The summed E-state index contributed by atoms with van der Waals surface area (Å²) in [6, 6.07) is 0. The Morgan fingerprint density at radius 1 is 1.20 bits per heavy atom. The highest BCUT2D eigenvalue weighted by Gasteiger charge is 2.48. The molecule has 1 heterocycles. The molecule has 3 heteroatoms. The summed E-state index contributed by atoms with van der Waals surface area (Å²) in [7, 11) is 0. The highest BCUT2D eigenvalue weighted by molar-refractivity contribution is 5.79. The molecule has 1 saturated heterocycles. The van der Waals surface area contributed by atoms with E-state index in [1.165, 1.54) is 6.42 Å². The van der Waals surface area contributed by atoms with Gasteiger partial charge < -0.3 is 10.0 Å². The highest BCUT2D eigenvalue weighted by atomic mass is 16.3. The summed E-state index contributed by atoms with van der Waals surface area (Å²) >= 11 is 0. The third kappa shape index (κ3) is 1.78. The zero-order valence-electron chi connectivity index (χ0n) is 9.06. The maximum atomic E-state index is 12.1. The Balaban J connectivity index is 1.59. The zero-order valence-corrected chi connectivity index (χ0v) is 9.06. The Morgan fingerprint density at radius 2 is 1.93 bits per heavy atom. The van der Waals surface area contributed by atoms with Gasteiger partial charge in [-0.25, -0.2) is 0 Å². The van der Waals surface area contributed by atoms with E-state index in [0.29, 0.717) is 18.4 Å². The molecule has 0 aromatic rings. The summed E-state index contributed by atoms with van der Waals surface area (Å²) in [6.07, 6.45) is 5.16. The van der Waals surface area contributed by atoms with Crippen molar-refractivity contribution in [3.05, 3.63) is 0 Å². The zero-order chi connectivity index (χ0) is 10.4. The number of aliphatic hydroxyl groups is 1.